The number of hydrogen-bond acceptors (Lipinski definition) is 3. The topological polar surface area (TPSA) is 78.4 Å². The van der Waals surface area contributed by atoms with Crippen molar-refractivity contribution in [2.45, 2.75) is 31.7 Å². The molecule has 6 heteroatoms. The molecule has 0 spiro atoms. The van der Waals surface area contributed by atoms with E-state index in [1.807, 2.05) is 10.8 Å². The largest absolute Gasteiger partial charge is 0.481 e. The van der Waals surface area contributed by atoms with Crippen molar-refractivity contribution in [3.8, 4) is 0 Å². The first kappa shape index (κ1) is 12.9. The van der Waals surface area contributed by atoms with E-state index in [0.29, 0.717) is 6.42 Å². The van der Waals surface area contributed by atoms with Crippen LogP contribution in [0, 0.1) is 5.92 Å². The van der Waals surface area contributed by atoms with Gasteiger partial charge in [-0.1, -0.05) is 12.8 Å². The second kappa shape index (κ2) is 5.86. The second-order valence-corrected chi connectivity index (χ2v) is 5.23. The lowest BCUT2D eigenvalue weighted by Crippen LogP contribution is -2.46. The summed E-state index contributed by atoms with van der Waals surface area (Å²) in [5.74, 6) is -1.29. The van der Waals surface area contributed by atoms with Crippen LogP contribution >= 0.6 is 11.3 Å². The fourth-order valence-electron chi connectivity index (χ4n) is 2.27. The summed E-state index contributed by atoms with van der Waals surface area (Å²) in [5, 5.41) is 18.3. The van der Waals surface area contributed by atoms with Crippen molar-refractivity contribution in [1.82, 2.24) is 5.32 Å². The van der Waals surface area contributed by atoms with Crippen LogP contribution in [0.25, 0.3) is 0 Å². The number of hydrogen-bond donors (Lipinski definition) is 3. The zero-order valence-corrected chi connectivity index (χ0v) is 10.7. The molecule has 98 valence electrons. The molecule has 0 aliphatic heterocycles. The molecule has 1 aromatic rings. The van der Waals surface area contributed by atoms with Gasteiger partial charge < -0.3 is 15.7 Å². The molecule has 2 atom stereocenters. The number of carboxylic acid groups (broad SMARTS) is 1. The maximum absolute atomic E-state index is 11.7. The summed E-state index contributed by atoms with van der Waals surface area (Å²) in [6, 6.07) is 1.21. The highest BCUT2D eigenvalue weighted by Gasteiger charge is 2.31. The Bertz CT molecular complexity index is 419. The molecule has 2 unspecified atom stereocenters. The first-order valence-corrected chi connectivity index (χ1v) is 6.93. The molecule has 1 aliphatic rings. The molecule has 18 heavy (non-hydrogen) atoms. The smallest absolute Gasteiger partial charge is 0.319 e. The Labute approximate surface area is 109 Å². The Morgan fingerprint density at radius 1 is 1.33 bits per heavy atom. The van der Waals surface area contributed by atoms with Crippen LogP contribution in [0.2, 0.25) is 0 Å². The molecular formula is C12H16N2O3S. The number of aliphatic carboxylic acids is 1. The third-order valence-corrected chi connectivity index (χ3v) is 3.86. The SMILES string of the molecule is O=C(Nc1ccsc1)NC1CCCCC1C(=O)O. The van der Waals surface area contributed by atoms with Gasteiger partial charge in [0, 0.05) is 11.4 Å². The van der Waals surface area contributed by atoms with Crippen LogP contribution in [0.15, 0.2) is 16.8 Å². The number of rotatable bonds is 3. The van der Waals surface area contributed by atoms with E-state index in [-0.39, 0.29) is 12.1 Å². The number of urea groups is 1. The molecule has 1 aliphatic carbocycles. The van der Waals surface area contributed by atoms with E-state index in [1.165, 1.54) is 11.3 Å². The fraction of sp³-hybridized carbons (Fsp3) is 0.500. The van der Waals surface area contributed by atoms with Gasteiger partial charge in [0.2, 0.25) is 0 Å². The van der Waals surface area contributed by atoms with Gasteiger partial charge in [0.1, 0.15) is 0 Å². The average Bonchev–Trinajstić information content (AvgIpc) is 2.82. The molecule has 0 saturated heterocycles. The monoisotopic (exact) mass is 268 g/mol. The van der Waals surface area contributed by atoms with Crippen molar-refractivity contribution in [2.75, 3.05) is 5.32 Å². The van der Waals surface area contributed by atoms with Crippen LogP contribution in [-0.4, -0.2) is 23.1 Å². The van der Waals surface area contributed by atoms with E-state index in [9.17, 15) is 9.59 Å². The van der Waals surface area contributed by atoms with Crippen LogP contribution in [0.4, 0.5) is 10.5 Å². The van der Waals surface area contributed by atoms with Gasteiger partial charge >= 0.3 is 12.0 Å². The van der Waals surface area contributed by atoms with E-state index in [1.54, 1.807) is 6.07 Å². The number of nitrogens with one attached hydrogen (secondary N) is 2. The summed E-state index contributed by atoms with van der Waals surface area (Å²) < 4.78 is 0. The van der Waals surface area contributed by atoms with Crippen LogP contribution < -0.4 is 10.6 Å². The summed E-state index contributed by atoms with van der Waals surface area (Å²) >= 11 is 1.50. The van der Waals surface area contributed by atoms with Gasteiger partial charge in [-0.2, -0.15) is 11.3 Å². The average molecular weight is 268 g/mol. The number of amides is 2. The lowest BCUT2D eigenvalue weighted by atomic mass is 9.84. The maximum atomic E-state index is 11.7. The Hall–Kier alpha value is -1.56. The normalized spacial score (nSPS) is 23.3. The molecule has 2 amide bonds. The van der Waals surface area contributed by atoms with Gasteiger partial charge in [-0.25, -0.2) is 4.79 Å². The molecule has 0 aromatic carbocycles. The Morgan fingerprint density at radius 2 is 2.11 bits per heavy atom. The van der Waals surface area contributed by atoms with Gasteiger partial charge in [-0.15, -0.1) is 0 Å². The Morgan fingerprint density at radius 3 is 2.78 bits per heavy atom. The molecule has 1 heterocycles. The van der Waals surface area contributed by atoms with Crippen molar-refractivity contribution in [3.05, 3.63) is 16.8 Å². The van der Waals surface area contributed by atoms with Crippen molar-refractivity contribution in [2.24, 2.45) is 5.92 Å². The van der Waals surface area contributed by atoms with Crippen LogP contribution in [0.3, 0.4) is 0 Å². The minimum atomic E-state index is -0.824. The molecule has 0 bridgehead atoms. The number of carbonyl (C=O) groups excluding carboxylic acids is 1. The van der Waals surface area contributed by atoms with E-state index in [0.717, 1.165) is 24.9 Å². The van der Waals surface area contributed by atoms with Gasteiger partial charge in [-0.3, -0.25) is 4.79 Å². The zero-order chi connectivity index (χ0) is 13.0. The van der Waals surface area contributed by atoms with Crippen molar-refractivity contribution >= 4 is 29.0 Å². The predicted octanol–water partition coefficient (Wildman–Crippen LogP) is 2.51. The molecule has 0 radical (unpaired) electrons. The molecule has 1 aromatic heterocycles. The van der Waals surface area contributed by atoms with Crippen molar-refractivity contribution in [1.29, 1.82) is 0 Å². The van der Waals surface area contributed by atoms with Crippen molar-refractivity contribution in [3.63, 3.8) is 0 Å². The number of anilines is 1. The number of thiophene rings is 1. The Balaban J connectivity index is 1.90. The molecule has 1 saturated carbocycles. The molecule has 2 rings (SSSR count). The molecule has 5 nitrogen and oxygen atoms in total. The van der Waals surface area contributed by atoms with E-state index in [4.69, 9.17) is 5.11 Å². The highest BCUT2D eigenvalue weighted by molar-refractivity contribution is 7.08. The summed E-state index contributed by atoms with van der Waals surface area (Å²) in [6.07, 6.45) is 3.25. The summed E-state index contributed by atoms with van der Waals surface area (Å²) in [7, 11) is 0. The van der Waals surface area contributed by atoms with Gasteiger partial charge in [0.25, 0.3) is 0 Å². The number of carbonyl (C=O) groups is 2. The summed E-state index contributed by atoms with van der Waals surface area (Å²) in [5.41, 5.74) is 0.736. The first-order valence-electron chi connectivity index (χ1n) is 5.99. The minimum absolute atomic E-state index is 0.269. The highest BCUT2D eigenvalue weighted by atomic mass is 32.1. The summed E-state index contributed by atoms with van der Waals surface area (Å²) in [6.45, 7) is 0. The Kier molecular flexibility index (Phi) is 4.19. The highest BCUT2D eigenvalue weighted by Crippen LogP contribution is 2.24. The maximum Gasteiger partial charge on any atom is 0.319 e. The van der Waals surface area contributed by atoms with Gasteiger partial charge in [0.05, 0.1) is 11.6 Å². The lowest BCUT2D eigenvalue weighted by Gasteiger charge is -2.29. The standard InChI is InChI=1S/C12H16N2O3S/c15-11(16)9-3-1-2-4-10(9)14-12(17)13-8-5-6-18-7-8/h5-7,9-10H,1-4H2,(H,15,16)(H2,13,14,17). The lowest BCUT2D eigenvalue weighted by molar-refractivity contribution is -0.143. The predicted molar refractivity (Wildman–Crippen MR) is 69.9 cm³/mol. The second-order valence-electron chi connectivity index (χ2n) is 4.45. The quantitative estimate of drug-likeness (QED) is 0.788. The molecule has 1 fully saturated rings. The molecule has 3 N–H and O–H groups in total. The molecular weight excluding hydrogens is 252 g/mol. The van der Waals surface area contributed by atoms with E-state index >= 15 is 0 Å². The van der Waals surface area contributed by atoms with Crippen LogP contribution in [0.5, 0.6) is 0 Å². The van der Waals surface area contributed by atoms with Gasteiger partial charge in [0.15, 0.2) is 0 Å². The van der Waals surface area contributed by atoms with Crippen LogP contribution in [-0.2, 0) is 4.79 Å². The van der Waals surface area contributed by atoms with Crippen molar-refractivity contribution < 1.29 is 14.7 Å². The van der Waals surface area contributed by atoms with Gasteiger partial charge in [-0.05, 0) is 24.3 Å². The summed E-state index contributed by atoms with van der Waals surface area (Å²) in [4.78, 5) is 22.8. The zero-order valence-electron chi connectivity index (χ0n) is 9.89. The third-order valence-electron chi connectivity index (χ3n) is 3.18. The van der Waals surface area contributed by atoms with E-state index < -0.39 is 11.9 Å². The first-order chi connectivity index (χ1) is 8.66. The van der Waals surface area contributed by atoms with Crippen LogP contribution in [0.1, 0.15) is 25.7 Å². The fourth-order valence-corrected chi connectivity index (χ4v) is 2.86. The minimum Gasteiger partial charge on any atom is -0.481 e. The van der Waals surface area contributed by atoms with E-state index in [2.05, 4.69) is 10.6 Å². The number of carboxylic acids is 1. The third kappa shape index (κ3) is 3.22.